The molecule has 0 aromatic heterocycles. The highest BCUT2D eigenvalue weighted by atomic mass is 16.6. The van der Waals surface area contributed by atoms with Gasteiger partial charge in [-0.25, -0.2) is 0 Å². The smallest absolute Gasteiger partial charge is 0.318 e. The first kappa shape index (κ1) is 11.0. The molecule has 1 fully saturated rings. The molecule has 0 radical (unpaired) electrons. The molecule has 4 aliphatic rings. The number of carbonyl (C=O) groups is 2. The Morgan fingerprint density at radius 1 is 1.16 bits per heavy atom. The minimum absolute atomic E-state index is 0.0121. The summed E-state index contributed by atoms with van der Waals surface area (Å²) in [6.45, 7) is 4.11. The molecule has 0 N–H and O–H groups in total. The molecule has 3 aliphatic carbocycles. The molecular formula is C16H14O3. The lowest BCUT2D eigenvalue weighted by atomic mass is 9.50. The van der Waals surface area contributed by atoms with E-state index in [2.05, 4.69) is 32.1 Å². The molecule has 0 saturated carbocycles. The van der Waals surface area contributed by atoms with Gasteiger partial charge >= 0.3 is 11.9 Å². The summed E-state index contributed by atoms with van der Waals surface area (Å²) in [6.07, 6.45) is 2.14. The third-order valence-corrected chi connectivity index (χ3v) is 5.22. The second-order valence-electron chi connectivity index (χ2n) is 5.91. The van der Waals surface area contributed by atoms with Crippen molar-refractivity contribution in [3.8, 4) is 0 Å². The fourth-order valence-corrected chi connectivity index (χ4v) is 4.18. The Balaban J connectivity index is 2.07. The van der Waals surface area contributed by atoms with Crippen LogP contribution in [0.4, 0.5) is 0 Å². The van der Waals surface area contributed by atoms with Gasteiger partial charge in [-0.3, -0.25) is 9.59 Å². The van der Waals surface area contributed by atoms with Crippen molar-refractivity contribution >= 4 is 11.9 Å². The largest absolute Gasteiger partial charge is 0.393 e. The van der Waals surface area contributed by atoms with Crippen LogP contribution in [0.25, 0.3) is 0 Å². The van der Waals surface area contributed by atoms with Crippen LogP contribution in [-0.2, 0) is 19.7 Å². The van der Waals surface area contributed by atoms with Gasteiger partial charge in [0.05, 0.1) is 11.8 Å². The Labute approximate surface area is 111 Å². The van der Waals surface area contributed by atoms with Crippen LogP contribution in [-0.4, -0.2) is 11.9 Å². The predicted molar refractivity (Wildman–Crippen MR) is 68.4 cm³/mol. The minimum Gasteiger partial charge on any atom is -0.393 e. The molecule has 1 aliphatic heterocycles. The van der Waals surface area contributed by atoms with Crippen molar-refractivity contribution in [3.63, 3.8) is 0 Å². The Morgan fingerprint density at radius 2 is 1.89 bits per heavy atom. The molecule has 4 atom stereocenters. The molecule has 0 unspecified atom stereocenters. The zero-order valence-corrected chi connectivity index (χ0v) is 10.8. The maximum atomic E-state index is 12.1. The topological polar surface area (TPSA) is 43.4 Å². The highest BCUT2D eigenvalue weighted by Crippen LogP contribution is 2.60. The van der Waals surface area contributed by atoms with Gasteiger partial charge in [0, 0.05) is 11.3 Å². The van der Waals surface area contributed by atoms with Crippen LogP contribution < -0.4 is 0 Å². The predicted octanol–water partition coefficient (Wildman–Crippen LogP) is 2.32. The van der Waals surface area contributed by atoms with Crippen molar-refractivity contribution in [2.75, 3.05) is 0 Å². The third-order valence-electron chi connectivity index (χ3n) is 5.22. The van der Waals surface area contributed by atoms with Crippen molar-refractivity contribution in [2.24, 2.45) is 11.8 Å². The SMILES string of the molecule is CC1=C[C@H]2c3ccccc3[C@@]1(C)[C@@H]1C(=O)OC(=O)[C@H]12. The lowest BCUT2D eigenvalue weighted by Gasteiger charge is -2.49. The van der Waals surface area contributed by atoms with E-state index in [-0.39, 0.29) is 29.7 Å². The van der Waals surface area contributed by atoms with E-state index < -0.39 is 5.41 Å². The third kappa shape index (κ3) is 1.05. The Bertz CT molecular complexity index is 658. The van der Waals surface area contributed by atoms with Crippen LogP contribution in [0, 0.1) is 11.8 Å². The Morgan fingerprint density at radius 3 is 2.68 bits per heavy atom. The van der Waals surface area contributed by atoms with Gasteiger partial charge in [0.15, 0.2) is 0 Å². The molecule has 2 bridgehead atoms. The van der Waals surface area contributed by atoms with Gasteiger partial charge in [0.2, 0.25) is 0 Å². The van der Waals surface area contributed by atoms with Crippen molar-refractivity contribution in [2.45, 2.75) is 25.2 Å². The molecule has 0 amide bonds. The lowest BCUT2D eigenvalue weighted by molar-refractivity contribution is -0.154. The van der Waals surface area contributed by atoms with Crippen molar-refractivity contribution < 1.29 is 14.3 Å². The Hall–Kier alpha value is -1.90. The molecule has 1 heterocycles. The molecule has 1 aromatic rings. The first-order chi connectivity index (χ1) is 9.05. The molecule has 19 heavy (non-hydrogen) atoms. The van der Waals surface area contributed by atoms with Crippen LogP contribution in [0.15, 0.2) is 35.9 Å². The highest BCUT2D eigenvalue weighted by molar-refractivity contribution is 6.00. The first-order valence-electron chi connectivity index (χ1n) is 6.59. The van der Waals surface area contributed by atoms with Crippen LogP contribution in [0.1, 0.15) is 30.9 Å². The number of carbonyl (C=O) groups excluding carboxylic acids is 2. The number of hydrogen-bond donors (Lipinski definition) is 0. The molecule has 1 saturated heterocycles. The summed E-state index contributed by atoms with van der Waals surface area (Å²) in [5, 5.41) is 0. The maximum Gasteiger partial charge on any atom is 0.318 e. The zero-order chi connectivity index (χ0) is 13.4. The molecule has 3 nitrogen and oxygen atoms in total. The van der Waals surface area contributed by atoms with E-state index in [1.54, 1.807) is 0 Å². The molecule has 5 rings (SSSR count). The Kier molecular flexibility index (Phi) is 1.82. The number of rotatable bonds is 0. The van der Waals surface area contributed by atoms with Gasteiger partial charge in [-0.1, -0.05) is 42.8 Å². The van der Waals surface area contributed by atoms with Crippen molar-refractivity contribution in [1.29, 1.82) is 0 Å². The van der Waals surface area contributed by atoms with Gasteiger partial charge in [0.1, 0.15) is 0 Å². The van der Waals surface area contributed by atoms with E-state index in [1.165, 1.54) is 16.7 Å². The van der Waals surface area contributed by atoms with Crippen LogP contribution in [0.5, 0.6) is 0 Å². The average molecular weight is 254 g/mol. The summed E-state index contributed by atoms with van der Waals surface area (Å²) in [5.74, 6) is -1.42. The second-order valence-corrected chi connectivity index (χ2v) is 5.91. The maximum absolute atomic E-state index is 12.1. The number of benzene rings is 1. The summed E-state index contributed by atoms with van der Waals surface area (Å²) >= 11 is 0. The van der Waals surface area contributed by atoms with Gasteiger partial charge in [-0.05, 0) is 18.1 Å². The lowest BCUT2D eigenvalue weighted by Crippen LogP contribution is -2.49. The monoisotopic (exact) mass is 254 g/mol. The minimum atomic E-state index is -0.404. The van der Waals surface area contributed by atoms with Gasteiger partial charge in [0.25, 0.3) is 0 Å². The summed E-state index contributed by atoms with van der Waals surface area (Å²) in [5.41, 5.74) is 3.11. The number of hydrogen-bond acceptors (Lipinski definition) is 3. The van der Waals surface area contributed by atoms with E-state index in [0.717, 1.165) is 0 Å². The highest BCUT2D eigenvalue weighted by Gasteiger charge is 2.63. The number of cyclic esters (lactones) is 2. The summed E-state index contributed by atoms with van der Waals surface area (Å²) in [4.78, 5) is 24.1. The molecule has 3 heteroatoms. The van der Waals surface area contributed by atoms with Crippen molar-refractivity contribution in [1.82, 2.24) is 0 Å². The normalized spacial score (nSPS) is 38.6. The molecular weight excluding hydrogens is 240 g/mol. The zero-order valence-electron chi connectivity index (χ0n) is 10.8. The van der Waals surface area contributed by atoms with Crippen LogP contribution in [0.3, 0.4) is 0 Å². The fraction of sp³-hybridized carbons (Fsp3) is 0.375. The van der Waals surface area contributed by atoms with E-state index in [0.29, 0.717) is 0 Å². The number of esters is 2. The van der Waals surface area contributed by atoms with E-state index in [4.69, 9.17) is 4.74 Å². The molecule has 1 aromatic carbocycles. The van der Waals surface area contributed by atoms with Crippen LogP contribution in [0.2, 0.25) is 0 Å². The average Bonchev–Trinajstić information content (AvgIpc) is 2.70. The number of allylic oxidation sites excluding steroid dienone is 2. The quantitative estimate of drug-likeness (QED) is 0.405. The van der Waals surface area contributed by atoms with Gasteiger partial charge in [-0.15, -0.1) is 0 Å². The summed E-state index contributed by atoms with van der Waals surface area (Å²) in [7, 11) is 0. The van der Waals surface area contributed by atoms with Crippen LogP contribution >= 0.6 is 0 Å². The van der Waals surface area contributed by atoms with E-state index in [1.807, 2.05) is 12.1 Å². The number of ether oxygens (including phenoxy) is 1. The first-order valence-corrected chi connectivity index (χ1v) is 6.59. The summed E-state index contributed by atoms with van der Waals surface area (Å²) in [6, 6.07) is 8.12. The summed E-state index contributed by atoms with van der Waals surface area (Å²) < 4.78 is 4.92. The molecule has 0 spiro atoms. The standard InChI is InChI=1S/C16H14O3/c1-8-7-10-9-5-3-4-6-11(9)16(8,2)13-12(10)14(17)19-15(13)18/h3-7,10,12-13H,1-2H3/t10-,12-,13-,16-/m0/s1. The second kappa shape index (κ2) is 3.16. The van der Waals surface area contributed by atoms with E-state index >= 15 is 0 Å². The van der Waals surface area contributed by atoms with Gasteiger partial charge < -0.3 is 4.74 Å². The van der Waals surface area contributed by atoms with Crippen molar-refractivity contribution in [3.05, 3.63) is 47.0 Å². The van der Waals surface area contributed by atoms with E-state index in [9.17, 15) is 9.59 Å². The fourth-order valence-electron chi connectivity index (χ4n) is 4.18. The van der Waals surface area contributed by atoms with Gasteiger partial charge in [-0.2, -0.15) is 0 Å². The molecule has 96 valence electrons.